The number of rotatable bonds is 5. The summed E-state index contributed by atoms with van der Waals surface area (Å²) < 4.78 is 38.8. The lowest BCUT2D eigenvalue weighted by Crippen LogP contribution is -2.58. The van der Waals surface area contributed by atoms with Gasteiger partial charge < -0.3 is 4.90 Å². The van der Waals surface area contributed by atoms with Crippen molar-refractivity contribution in [3.05, 3.63) is 71.0 Å². The standard InChI is InChI=1S/C23H24FNO4S/c24-17-12-10-16(11-13-17)22(26)20-8-4-5-9-21(20)23(27)25-14-19(15-25)30(28,29)18-6-2-1-3-7-18/h4-5,8-13,18-19H,1-3,6-7,14-15H2. The monoisotopic (exact) mass is 429 g/mol. The first-order chi connectivity index (χ1) is 14.4. The minimum Gasteiger partial charge on any atom is -0.336 e. The van der Waals surface area contributed by atoms with Crippen molar-refractivity contribution in [2.24, 2.45) is 0 Å². The summed E-state index contributed by atoms with van der Waals surface area (Å²) >= 11 is 0. The molecule has 2 aliphatic rings. The molecule has 2 fully saturated rings. The van der Waals surface area contributed by atoms with Crippen molar-refractivity contribution >= 4 is 21.5 Å². The summed E-state index contributed by atoms with van der Waals surface area (Å²) in [5.74, 6) is -1.16. The fourth-order valence-electron chi connectivity index (χ4n) is 4.27. The van der Waals surface area contributed by atoms with Gasteiger partial charge in [-0.1, -0.05) is 37.5 Å². The maximum absolute atomic E-state index is 13.2. The first-order valence-electron chi connectivity index (χ1n) is 10.3. The zero-order valence-electron chi connectivity index (χ0n) is 16.6. The molecule has 1 aliphatic carbocycles. The third-order valence-corrected chi connectivity index (χ3v) is 8.75. The quantitative estimate of drug-likeness (QED) is 0.681. The Morgan fingerprint density at radius 3 is 2.07 bits per heavy atom. The number of carbonyl (C=O) groups excluding carboxylic acids is 2. The summed E-state index contributed by atoms with van der Waals surface area (Å²) in [7, 11) is -3.24. The Hall–Kier alpha value is -2.54. The summed E-state index contributed by atoms with van der Waals surface area (Å²) in [6.07, 6.45) is 4.39. The molecular weight excluding hydrogens is 405 g/mol. The largest absolute Gasteiger partial charge is 0.336 e. The molecule has 0 atom stereocenters. The first-order valence-corrected chi connectivity index (χ1v) is 11.9. The van der Waals surface area contributed by atoms with Crippen LogP contribution < -0.4 is 0 Å². The number of hydrogen-bond acceptors (Lipinski definition) is 4. The number of benzene rings is 2. The topological polar surface area (TPSA) is 71.5 Å². The molecule has 0 aromatic heterocycles. The third-order valence-electron chi connectivity index (χ3n) is 6.13. The van der Waals surface area contributed by atoms with Crippen LogP contribution in [0.15, 0.2) is 48.5 Å². The molecule has 1 saturated heterocycles. The fourth-order valence-corrected chi connectivity index (χ4v) is 6.58. The number of likely N-dealkylation sites (tertiary alicyclic amines) is 1. The van der Waals surface area contributed by atoms with Crippen LogP contribution in [-0.2, 0) is 9.84 Å². The van der Waals surface area contributed by atoms with E-state index in [0.29, 0.717) is 12.8 Å². The van der Waals surface area contributed by atoms with Crippen LogP contribution in [0.3, 0.4) is 0 Å². The molecule has 1 aliphatic heterocycles. The van der Waals surface area contributed by atoms with Gasteiger partial charge in [-0.3, -0.25) is 9.59 Å². The van der Waals surface area contributed by atoms with Crippen molar-refractivity contribution in [1.29, 1.82) is 0 Å². The number of sulfone groups is 1. The predicted octanol–water partition coefficient (Wildman–Crippen LogP) is 3.63. The Labute approximate surface area is 175 Å². The highest BCUT2D eigenvalue weighted by molar-refractivity contribution is 7.92. The molecule has 1 saturated carbocycles. The Morgan fingerprint density at radius 1 is 0.833 bits per heavy atom. The smallest absolute Gasteiger partial charge is 0.254 e. The summed E-state index contributed by atoms with van der Waals surface area (Å²) in [5.41, 5.74) is 0.756. The minimum absolute atomic E-state index is 0.163. The van der Waals surface area contributed by atoms with E-state index < -0.39 is 20.9 Å². The van der Waals surface area contributed by atoms with Gasteiger partial charge in [0.1, 0.15) is 5.82 Å². The van der Waals surface area contributed by atoms with E-state index in [1.165, 1.54) is 29.2 Å². The molecule has 2 aromatic carbocycles. The van der Waals surface area contributed by atoms with Gasteiger partial charge in [-0.25, -0.2) is 12.8 Å². The summed E-state index contributed by atoms with van der Waals surface area (Å²) in [6, 6.07) is 11.6. The van der Waals surface area contributed by atoms with Gasteiger partial charge in [-0.2, -0.15) is 0 Å². The molecule has 0 bridgehead atoms. The van der Waals surface area contributed by atoms with Crippen molar-refractivity contribution in [2.45, 2.75) is 42.6 Å². The van der Waals surface area contributed by atoms with Crippen LogP contribution in [0.1, 0.15) is 58.4 Å². The zero-order chi connectivity index (χ0) is 21.3. The van der Waals surface area contributed by atoms with E-state index in [0.717, 1.165) is 19.3 Å². The Kier molecular flexibility index (Phi) is 5.73. The van der Waals surface area contributed by atoms with Crippen molar-refractivity contribution in [2.75, 3.05) is 13.1 Å². The van der Waals surface area contributed by atoms with Gasteiger partial charge in [-0.05, 0) is 43.2 Å². The summed E-state index contributed by atoms with van der Waals surface area (Å²) in [4.78, 5) is 27.3. The van der Waals surface area contributed by atoms with Gasteiger partial charge in [0.05, 0.1) is 16.1 Å². The Morgan fingerprint density at radius 2 is 1.43 bits per heavy atom. The van der Waals surface area contributed by atoms with Crippen LogP contribution in [0.4, 0.5) is 4.39 Å². The van der Waals surface area contributed by atoms with Crippen molar-refractivity contribution < 1.29 is 22.4 Å². The zero-order valence-corrected chi connectivity index (χ0v) is 17.4. The van der Waals surface area contributed by atoms with Crippen molar-refractivity contribution in [3.63, 3.8) is 0 Å². The number of halogens is 1. The van der Waals surface area contributed by atoms with Gasteiger partial charge in [0, 0.05) is 24.2 Å². The van der Waals surface area contributed by atoms with E-state index in [9.17, 15) is 22.4 Å². The number of hydrogen-bond donors (Lipinski definition) is 0. The lowest BCUT2D eigenvalue weighted by atomic mass is 9.97. The van der Waals surface area contributed by atoms with Crippen LogP contribution in [0.2, 0.25) is 0 Å². The SMILES string of the molecule is O=C(c1ccc(F)cc1)c1ccccc1C(=O)N1CC(S(=O)(=O)C2CCCCC2)C1. The summed E-state index contributed by atoms with van der Waals surface area (Å²) in [6.45, 7) is 0.327. The molecule has 30 heavy (non-hydrogen) atoms. The highest BCUT2D eigenvalue weighted by Gasteiger charge is 2.44. The fraction of sp³-hybridized carbons (Fsp3) is 0.391. The van der Waals surface area contributed by atoms with Crippen molar-refractivity contribution in [3.8, 4) is 0 Å². The average molecular weight is 430 g/mol. The molecule has 0 radical (unpaired) electrons. The Bertz CT molecular complexity index is 1050. The second-order valence-electron chi connectivity index (χ2n) is 8.06. The number of nitrogens with zero attached hydrogens (tertiary/aromatic N) is 1. The summed E-state index contributed by atoms with van der Waals surface area (Å²) in [5, 5.41) is -0.814. The lowest BCUT2D eigenvalue weighted by Gasteiger charge is -2.41. The minimum atomic E-state index is -3.24. The molecule has 1 heterocycles. The van der Waals surface area contributed by atoms with Crippen LogP contribution in [0.25, 0.3) is 0 Å². The van der Waals surface area contributed by atoms with Crippen LogP contribution in [-0.4, -0.2) is 48.6 Å². The normalized spacial score (nSPS) is 18.1. The molecular formula is C23H24FNO4S. The van der Waals surface area contributed by atoms with Gasteiger partial charge in [-0.15, -0.1) is 0 Å². The average Bonchev–Trinajstić information content (AvgIpc) is 2.73. The van der Waals surface area contributed by atoms with Gasteiger partial charge in [0.15, 0.2) is 15.6 Å². The van der Waals surface area contributed by atoms with Gasteiger partial charge in [0.2, 0.25) is 0 Å². The molecule has 0 spiro atoms. The van der Waals surface area contributed by atoms with E-state index in [1.807, 2.05) is 0 Å². The lowest BCUT2D eigenvalue weighted by molar-refractivity contribution is 0.0654. The van der Waals surface area contributed by atoms with Gasteiger partial charge in [0.25, 0.3) is 5.91 Å². The number of carbonyl (C=O) groups is 2. The second-order valence-corrected chi connectivity index (χ2v) is 10.6. The van der Waals surface area contributed by atoms with Crippen LogP contribution >= 0.6 is 0 Å². The molecule has 7 heteroatoms. The molecule has 0 N–H and O–H groups in total. The van der Waals surface area contributed by atoms with E-state index in [2.05, 4.69) is 0 Å². The highest BCUT2D eigenvalue weighted by Crippen LogP contribution is 2.30. The maximum Gasteiger partial charge on any atom is 0.254 e. The first kappa shape index (κ1) is 20.7. The van der Waals surface area contributed by atoms with E-state index in [1.54, 1.807) is 24.3 Å². The van der Waals surface area contributed by atoms with E-state index in [-0.39, 0.29) is 46.7 Å². The Balaban J connectivity index is 1.49. The van der Waals surface area contributed by atoms with E-state index in [4.69, 9.17) is 0 Å². The number of ketones is 1. The molecule has 2 aromatic rings. The maximum atomic E-state index is 13.2. The molecule has 1 amide bonds. The van der Waals surface area contributed by atoms with Crippen molar-refractivity contribution in [1.82, 2.24) is 4.90 Å². The third kappa shape index (κ3) is 3.90. The van der Waals surface area contributed by atoms with E-state index >= 15 is 0 Å². The molecule has 4 rings (SSSR count). The number of amides is 1. The van der Waals surface area contributed by atoms with Gasteiger partial charge >= 0.3 is 0 Å². The van der Waals surface area contributed by atoms with Crippen LogP contribution in [0, 0.1) is 5.82 Å². The second kappa shape index (κ2) is 8.30. The van der Waals surface area contributed by atoms with Crippen LogP contribution in [0.5, 0.6) is 0 Å². The molecule has 5 nitrogen and oxygen atoms in total. The molecule has 158 valence electrons. The highest BCUT2D eigenvalue weighted by atomic mass is 32.2. The molecule has 0 unspecified atom stereocenters. The predicted molar refractivity (Wildman–Crippen MR) is 112 cm³/mol.